The Balaban J connectivity index is 1.78. The van der Waals surface area contributed by atoms with E-state index in [1.807, 2.05) is 0 Å². The predicted molar refractivity (Wildman–Crippen MR) is 72.1 cm³/mol. The molecule has 2 atom stereocenters. The fraction of sp³-hybridized carbons (Fsp3) is 0.500. The third-order valence-electron chi connectivity index (χ3n) is 3.28. The first-order chi connectivity index (χ1) is 9.08. The minimum Gasteiger partial charge on any atom is -0.356 e. The van der Waals surface area contributed by atoms with E-state index in [1.54, 1.807) is 7.05 Å². The van der Waals surface area contributed by atoms with Gasteiger partial charge in [-0.1, -0.05) is 6.92 Å². The number of guanidine groups is 1. The van der Waals surface area contributed by atoms with Crippen LogP contribution in [0.2, 0.25) is 0 Å². The monoisotopic (exact) mass is 267 g/mol. The normalized spacial score (nSPS) is 22.2. The maximum Gasteiger partial charge on any atom is 0.191 e. The van der Waals surface area contributed by atoms with Crippen LogP contribution in [0.3, 0.4) is 0 Å². The van der Waals surface area contributed by atoms with E-state index in [9.17, 15) is 8.78 Å². The largest absolute Gasteiger partial charge is 0.356 e. The second kappa shape index (κ2) is 5.99. The predicted octanol–water partition coefficient (Wildman–Crippen LogP) is 2.08. The molecule has 2 rings (SSSR count). The van der Waals surface area contributed by atoms with E-state index >= 15 is 0 Å². The number of nitrogens with one attached hydrogen (secondary N) is 2. The van der Waals surface area contributed by atoms with Gasteiger partial charge >= 0.3 is 0 Å². The first-order valence-electron chi connectivity index (χ1n) is 6.50. The topological polar surface area (TPSA) is 36.4 Å². The summed E-state index contributed by atoms with van der Waals surface area (Å²) in [6.07, 6.45) is 1.71. The Morgan fingerprint density at radius 2 is 1.95 bits per heavy atom. The first kappa shape index (κ1) is 13.8. The summed E-state index contributed by atoms with van der Waals surface area (Å²) in [7, 11) is 1.71. The van der Waals surface area contributed by atoms with Crippen LogP contribution >= 0.6 is 0 Å². The Labute approximate surface area is 112 Å². The van der Waals surface area contributed by atoms with Crippen molar-refractivity contribution in [3.05, 3.63) is 35.4 Å². The van der Waals surface area contributed by atoms with Crippen molar-refractivity contribution in [1.29, 1.82) is 0 Å². The molecule has 0 heterocycles. The summed E-state index contributed by atoms with van der Waals surface area (Å²) in [5.41, 5.74) is 0.639. The van der Waals surface area contributed by atoms with E-state index < -0.39 is 11.6 Å². The molecule has 1 aliphatic carbocycles. The van der Waals surface area contributed by atoms with Crippen molar-refractivity contribution >= 4 is 5.96 Å². The second-order valence-corrected chi connectivity index (χ2v) is 4.99. The lowest BCUT2D eigenvalue weighted by Crippen LogP contribution is -2.39. The third kappa shape index (κ3) is 4.19. The van der Waals surface area contributed by atoms with Gasteiger partial charge in [0.05, 0.1) is 0 Å². The zero-order valence-electron chi connectivity index (χ0n) is 11.2. The van der Waals surface area contributed by atoms with Crippen LogP contribution in [0, 0.1) is 17.6 Å². The standard InChI is InChI=1S/C14H19F2N3/c1-9-5-13(9)19-14(17-2)18-4-3-10-6-11(15)8-12(16)7-10/h6-9,13H,3-5H2,1-2H3,(H2,17,18,19). The Bertz CT molecular complexity index is 454. The molecule has 1 saturated carbocycles. The lowest BCUT2D eigenvalue weighted by atomic mass is 10.1. The van der Waals surface area contributed by atoms with E-state index in [0.29, 0.717) is 30.5 Å². The van der Waals surface area contributed by atoms with Crippen LogP contribution in [0.1, 0.15) is 18.9 Å². The Morgan fingerprint density at radius 1 is 1.32 bits per heavy atom. The Hall–Kier alpha value is -1.65. The number of aliphatic imine (C=N–C) groups is 1. The van der Waals surface area contributed by atoms with Gasteiger partial charge < -0.3 is 10.6 Å². The number of hydrogen-bond donors (Lipinski definition) is 2. The zero-order valence-corrected chi connectivity index (χ0v) is 11.2. The van der Waals surface area contributed by atoms with Gasteiger partial charge in [-0.15, -0.1) is 0 Å². The maximum atomic E-state index is 13.0. The van der Waals surface area contributed by atoms with Crippen molar-refractivity contribution in [3.8, 4) is 0 Å². The van der Waals surface area contributed by atoms with Gasteiger partial charge in [-0.2, -0.15) is 0 Å². The van der Waals surface area contributed by atoms with Gasteiger partial charge in [0.1, 0.15) is 11.6 Å². The Morgan fingerprint density at radius 3 is 2.47 bits per heavy atom. The molecule has 1 aliphatic rings. The highest BCUT2D eigenvalue weighted by molar-refractivity contribution is 5.80. The summed E-state index contributed by atoms with van der Waals surface area (Å²) in [6, 6.07) is 4.08. The van der Waals surface area contributed by atoms with E-state index in [4.69, 9.17) is 0 Å². The fourth-order valence-corrected chi connectivity index (χ4v) is 1.97. The molecule has 0 aromatic heterocycles. The first-order valence-corrected chi connectivity index (χ1v) is 6.50. The van der Waals surface area contributed by atoms with Crippen LogP contribution in [0.4, 0.5) is 8.78 Å². The van der Waals surface area contributed by atoms with Crippen molar-refractivity contribution < 1.29 is 8.78 Å². The molecule has 3 nitrogen and oxygen atoms in total. The molecule has 1 aromatic carbocycles. The van der Waals surface area contributed by atoms with Crippen molar-refractivity contribution in [1.82, 2.24) is 10.6 Å². The van der Waals surface area contributed by atoms with Crippen LogP contribution in [0.15, 0.2) is 23.2 Å². The number of halogens is 2. The summed E-state index contributed by atoms with van der Waals surface area (Å²) in [4.78, 5) is 4.12. The number of benzene rings is 1. The molecule has 0 aliphatic heterocycles. The van der Waals surface area contributed by atoms with Crippen molar-refractivity contribution in [2.75, 3.05) is 13.6 Å². The van der Waals surface area contributed by atoms with Crippen molar-refractivity contribution in [3.63, 3.8) is 0 Å². The van der Waals surface area contributed by atoms with Crippen LogP contribution in [-0.2, 0) is 6.42 Å². The quantitative estimate of drug-likeness (QED) is 0.647. The summed E-state index contributed by atoms with van der Waals surface area (Å²) >= 11 is 0. The lowest BCUT2D eigenvalue weighted by Gasteiger charge is -2.11. The van der Waals surface area contributed by atoms with Gasteiger partial charge in [-0.25, -0.2) is 8.78 Å². The summed E-state index contributed by atoms with van der Waals surface area (Å²) in [6.45, 7) is 2.77. The lowest BCUT2D eigenvalue weighted by molar-refractivity contribution is 0.579. The van der Waals surface area contributed by atoms with E-state index in [1.165, 1.54) is 12.1 Å². The van der Waals surface area contributed by atoms with Gasteiger partial charge in [-0.05, 0) is 36.5 Å². The summed E-state index contributed by atoms with van der Waals surface area (Å²) in [5, 5.41) is 6.43. The molecule has 2 N–H and O–H groups in total. The van der Waals surface area contributed by atoms with E-state index in [0.717, 1.165) is 18.4 Å². The average molecular weight is 267 g/mol. The minimum atomic E-state index is -0.538. The smallest absolute Gasteiger partial charge is 0.191 e. The molecule has 0 amide bonds. The van der Waals surface area contributed by atoms with Gasteiger partial charge in [0.15, 0.2) is 5.96 Å². The van der Waals surface area contributed by atoms with Gasteiger partial charge in [0.2, 0.25) is 0 Å². The molecule has 1 fully saturated rings. The molecule has 104 valence electrons. The average Bonchev–Trinajstić information content (AvgIpc) is 3.02. The Kier molecular flexibility index (Phi) is 4.35. The molecule has 0 spiro atoms. The van der Waals surface area contributed by atoms with Crippen LogP contribution in [0.25, 0.3) is 0 Å². The number of rotatable bonds is 4. The van der Waals surface area contributed by atoms with Crippen LogP contribution in [-0.4, -0.2) is 25.6 Å². The molecular formula is C14H19F2N3. The molecule has 19 heavy (non-hydrogen) atoms. The SMILES string of the molecule is CN=C(NCCc1cc(F)cc(F)c1)NC1CC1C. The molecule has 0 saturated heterocycles. The molecule has 2 unspecified atom stereocenters. The van der Waals surface area contributed by atoms with Gasteiger partial charge in [0.25, 0.3) is 0 Å². The minimum absolute atomic E-state index is 0.498. The number of nitrogens with zero attached hydrogens (tertiary/aromatic N) is 1. The van der Waals surface area contributed by atoms with Gasteiger partial charge in [0, 0.05) is 25.7 Å². The molecular weight excluding hydrogens is 248 g/mol. The zero-order chi connectivity index (χ0) is 13.8. The molecule has 0 bridgehead atoms. The van der Waals surface area contributed by atoms with Crippen molar-refractivity contribution in [2.24, 2.45) is 10.9 Å². The second-order valence-electron chi connectivity index (χ2n) is 4.99. The molecule has 5 heteroatoms. The molecule has 1 aromatic rings. The third-order valence-corrected chi connectivity index (χ3v) is 3.28. The van der Waals surface area contributed by atoms with E-state index in [2.05, 4.69) is 22.5 Å². The highest BCUT2D eigenvalue weighted by Gasteiger charge is 2.33. The summed E-state index contributed by atoms with van der Waals surface area (Å²) < 4.78 is 26.0. The molecule has 0 radical (unpaired) electrons. The van der Waals surface area contributed by atoms with E-state index in [-0.39, 0.29) is 0 Å². The van der Waals surface area contributed by atoms with Crippen LogP contribution < -0.4 is 10.6 Å². The van der Waals surface area contributed by atoms with Gasteiger partial charge in [-0.3, -0.25) is 4.99 Å². The summed E-state index contributed by atoms with van der Waals surface area (Å²) in [5.74, 6) is 0.357. The van der Waals surface area contributed by atoms with Crippen molar-refractivity contribution in [2.45, 2.75) is 25.8 Å². The fourth-order valence-electron chi connectivity index (χ4n) is 1.97. The maximum absolute atomic E-state index is 13.0. The highest BCUT2D eigenvalue weighted by atomic mass is 19.1. The van der Waals surface area contributed by atoms with Crippen LogP contribution in [0.5, 0.6) is 0 Å². The number of hydrogen-bond acceptors (Lipinski definition) is 1. The highest BCUT2D eigenvalue weighted by Crippen LogP contribution is 2.28.